The molecule has 1 aliphatic heterocycles. The molecule has 0 unspecified atom stereocenters. The summed E-state index contributed by atoms with van der Waals surface area (Å²) < 4.78 is 2.19. The summed E-state index contributed by atoms with van der Waals surface area (Å²) in [5.74, 6) is 1.20. The van der Waals surface area contributed by atoms with Crippen LogP contribution in [0, 0.1) is 6.92 Å². The third-order valence-corrected chi connectivity index (χ3v) is 3.13. The van der Waals surface area contributed by atoms with Gasteiger partial charge in [0.2, 0.25) is 0 Å². The average Bonchev–Trinajstić information content (AvgIpc) is 2.52. The number of imidazole rings is 1. The van der Waals surface area contributed by atoms with Crippen LogP contribution >= 0.6 is 0 Å². The summed E-state index contributed by atoms with van der Waals surface area (Å²) in [7, 11) is 2.10. The van der Waals surface area contributed by atoms with Gasteiger partial charge in [-0.05, 0) is 32.9 Å². The monoisotopic (exact) mass is 193 g/mol. The summed E-state index contributed by atoms with van der Waals surface area (Å²) in [4.78, 5) is 6.94. The molecule has 0 N–H and O–H groups in total. The molecule has 0 atom stereocenters. The molecule has 1 fully saturated rings. The molecule has 0 aliphatic carbocycles. The van der Waals surface area contributed by atoms with Gasteiger partial charge in [0.15, 0.2) is 0 Å². The van der Waals surface area contributed by atoms with Crippen LogP contribution in [0.1, 0.15) is 30.8 Å². The van der Waals surface area contributed by atoms with Crippen molar-refractivity contribution in [3.05, 3.63) is 17.7 Å². The Kier molecular flexibility index (Phi) is 2.87. The summed E-state index contributed by atoms with van der Waals surface area (Å²) >= 11 is 0. The maximum Gasteiger partial charge on any atom is 0.122 e. The molecule has 2 rings (SSSR count). The highest BCUT2D eigenvalue weighted by Gasteiger charge is 2.12. The molecule has 14 heavy (non-hydrogen) atoms. The summed E-state index contributed by atoms with van der Waals surface area (Å²) in [6.07, 6.45) is 6.06. The Bertz CT molecular complexity index is 297. The van der Waals surface area contributed by atoms with E-state index in [2.05, 4.69) is 28.4 Å². The standard InChI is InChI=1S/C11H19N3/c1-10-8-12-11(13(10)2)9-14-6-4-3-5-7-14/h8H,3-7,9H2,1-2H3. The molecule has 0 spiro atoms. The van der Waals surface area contributed by atoms with E-state index < -0.39 is 0 Å². The van der Waals surface area contributed by atoms with Gasteiger partial charge in [0.05, 0.1) is 6.54 Å². The topological polar surface area (TPSA) is 21.1 Å². The van der Waals surface area contributed by atoms with Gasteiger partial charge in [0.1, 0.15) is 5.82 Å². The van der Waals surface area contributed by atoms with Crippen LogP contribution in [-0.4, -0.2) is 27.5 Å². The molecule has 0 bridgehead atoms. The average molecular weight is 193 g/mol. The van der Waals surface area contributed by atoms with Crippen LogP contribution in [0.25, 0.3) is 0 Å². The molecule has 3 heteroatoms. The van der Waals surface area contributed by atoms with Crippen molar-refractivity contribution in [1.82, 2.24) is 14.5 Å². The lowest BCUT2D eigenvalue weighted by Gasteiger charge is -2.25. The third kappa shape index (κ3) is 1.98. The third-order valence-electron chi connectivity index (χ3n) is 3.13. The van der Waals surface area contributed by atoms with Gasteiger partial charge in [0.25, 0.3) is 0 Å². The Balaban J connectivity index is 1.99. The van der Waals surface area contributed by atoms with E-state index in [0.29, 0.717) is 0 Å². The predicted molar refractivity (Wildman–Crippen MR) is 57.1 cm³/mol. The number of piperidine rings is 1. The number of hydrogen-bond acceptors (Lipinski definition) is 2. The van der Waals surface area contributed by atoms with Gasteiger partial charge in [-0.2, -0.15) is 0 Å². The summed E-state index contributed by atoms with van der Waals surface area (Å²) in [5.41, 5.74) is 1.25. The fourth-order valence-corrected chi connectivity index (χ4v) is 2.01. The highest BCUT2D eigenvalue weighted by atomic mass is 15.2. The van der Waals surface area contributed by atoms with E-state index in [-0.39, 0.29) is 0 Å². The molecular weight excluding hydrogens is 174 g/mol. The van der Waals surface area contributed by atoms with E-state index in [4.69, 9.17) is 0 Å². The highest BCUT2D eigenvalue weighted by molar-refractivity contribution is 5.02. The zero-order chi connectivity index (χ0) is 9.97. The Hall–Kier alpha value is -0.830. The Morgan fingerprint density at radius 1 is 1.29 bits per heavy atom. The number of aromatic nitrogens is 2. The first kappa shape index (κ1) is 9.71. The van der Waals surface area contributed by atoms with E-state index in [1.807, 2.05) is 6.20 Å². The van der Waals surface area contributed by atoms with Gasteiger partial charge >= 0.3 is 0 Å². The summed E-state index contributed by atoms with van der Waals surface area (Å²) in [6.45, 7) is 5.61. The minimum atomic E-state index is 1.02. The molecular formula is C11H19N3. The van der Waals surface area contributed by atoms with E-state index in [1.165, 1.54) is 43.9 Å². The molecule has 0 amide bonds. The lowest BCUT2D eigenvalue weighted by atomic mass is 10.1. The number of rotatable bonds is 2. The van der Waals surface area contributed by atoms with Crippen LogP contribution in [0.5, 0.6) is 0 Å². The first-order valence-corrected chi connectivity index (χ1v) is 5.47. The van der Waals surface area contributed by atoms with Crippen LogP contribution < -0.4 is 0 Å². The fourth-order valence-electron chi connectivity index (χ4n) is 2.01. The fraction of sp³-hybridized carbons (Fsp3) is 0.727. The molecule has 0 radical (unpaired) electrons. The highest BCUT2D eigenvalue weighted by Crippen LogP contribution is 2.12. The molecule has 3 nitrogen and oxygen atoms in total. The second kappa shape index (κ2) is 4.13. The maximum absolute atomic E-state index is 4.43. The first-order valence-electron chi connectivity index (χ1n) is 5.47. The van der Waals surface area contributed by atoms with Crippen LogP contribution in [0.2, 0.25) is 0 Å². The van der Waals surface area contributed by atoms with Gasteiger partial charge in [-0.15, -0.1) is 0 Å². The molecule has 1 aromatic rings. The normalized spacial score (nSPS) is 18.7. The lowest BCUT2D eigenvalue weighted by molar-refractivity contribution is 0.214. The number of nitrogens with zero attached hydrogens (tertiary/aromatic N) is 3. The molecule has 78 valence electrons. The van der Waals surface area contributed by atoms with Crippen LogP contribution in [0.4, 0.5) is 0 Å². The van der Waals surface area contributed by atoms with E-state index in [9.17, 15) is 0 Å². The van der Waals surface area contributed by atoms with Crippen molar-refractivity contribution in [3.8, 4) is 0 Å². The Morgan fingerprint density at radius 3 is 2.57 bits per heavy atom. The quantitative estimate of drug-likeness (QED) is 0.713. The number of aryl methyl sites for hydroxylation is 1. The van der Waals surface area contributed by atoms with E-state index >= 15 is 0 Å². The van der Waals surface area contributed by atoms with Crippen LogP contribution in [0.3, 0.4) is 0 Å². The van der Waals surface area contributed by atoms with Crippen molar-refractivity contribution in [1.29, 1.82) is 0 Å². The van der Waals surface area contributed by atoms with Crippen molar-refractivity contribution in [2.45, 2.75) is 32.7 Å². The van der Waals surface area contributed by atoms with Crippen molar-refractivity contribution in [3.63, 3.8) is 0 Å². The summed E-state index contributed by atoms with van der Waals surface area (Å²) in [6, 6.07) is 0. The van der Waals surface area contributed by atoms with Crippen molar-refractivity contribution < 1.29 is 0 Å². The second-order valence-corrected chi connectivity index (χ2v) is 4.21. The van der Waals surface area contributed by atoms with Gasteiger partial charge in [0, 0.05) is 18.9 Å². The zero-order valence-electron chi connectivity index (χ0n) is 9.16. The first-order chi connectivity index (χ1) is 6.77. The zero-order valence-corrected chi connectivity index (χ0v) is 9.16. The minimum absolute atomic E-state index is 1.02. The number of hydrogen-bond donors (Lipinski definition) is 0. The largest absolute Gasteiger partial charge is 0.334 e. The Labute approximate surface area is 85.7 Å². The maximum atomic E-state index is 4.43. The van der Waals surface area contributed by atoms with Crippen molar-refractivity contribution in [2.24, 2.45) is 7.05 Å². The molecule has 1 aliphatic rings. The lowest BCUT2D eigenvalue weighted by Crippen LogP contribution is -2.30. The van der Waals surface area contributed by atoms with Gasteiger partial charge < -0.3 is 4.57 Å². The second-order valence-electron chi connectivity index (χ2n) is 4.21. The SMILES string of the molecule is Cc1cnc(CN2CCCCC2)n1C. The minimum Gasteiger partial charge on any atom is -0.334 e. The Morgan fingerprint density at radius 2 is 2.00 bits per heavy atom. The molecule has 0 aromatic carbocycles. The van der Waals surface area contributed by atoms with Crippen LogP contribution in [0.15, 0.2) is 6.20 Å². The molecule has 0 saturated carbocycles. The summed E-state index contributed by atoms with van der Waals surface area (Å²) in [5, 5.41) is 0. The molecule has 2 heterocycles. The van der Waals surface area contributed by atoms with Crippen molar-refractivity contribution >= 4 is 0 Å². The predicted octanol–water partition coefficient (Wildman–Crippen LogP) is 1.71. The van der Waals surface area contributed by atoms with Gasteiger partial charge in [-0.25, -0.2) is 4.98 Å². The number of likely N-dealkylation sites (tertiary alicyclic amines) is 1. The van der Waals surface area contributed by atoms with Crippen LogP contribution in [-0.2, 0) is 13.6 Å². The molecule has 1 saturated heterocycles. The van der Waals surface area contributed by atoms with Gasteiger partial charge in [-0.1, -0.05) is 6.42 Å². The molecule has 1 aromatic heterocycles. The van der Waals surface area contributed by atoms with E-state index in [0.717, 1.165) is 6.54 Å². The smallest absolute Gasteiger partial charge is 0.122 e. The van der Waals surface area contributed by atoms with Crippen molar-refractivity contribution in [2.75, 3.05) is 13.1 Å². The van der Waals surface area contributed by atoms with Gasteiger partial charge in [-0.3, -0.25) is 4.90 Å². The van der Waals surface area contributed by atoms with E-state index in [1.54, 1.807) is 0 Å².